The van der Waals surface area contributed by atoms with Crippen LogP contribution >= 0.6 is 24.0 Å². The molecule has 1 aromatic carbocycles. The van der Waals surface area contributed by atoms with Crippen LogP contribution in [0.4, 0.5) is 0 Å². The average Bonchev–Trinajstić information content (AvgIpc) is 2.18. The van der Waals surface area contributed by atoms with Gasteiger partial charge < -0.3 is 10.8 Å². The first-order valence-corrected chi connectivity index (χ1v) is 5.22. The lowest BCUT2D eigenvalue weighted by atomic mass is 9.99. The minimum atomic E-state index is -0.471. The molecule has 1 aromatic rings. The van der Waals surface area contributed by atoms with E-state index in [4.69, 9.17) is 17.3 Å². The highest BCUT2D eigenvalue weighted by Crippen LogP contribution is 2.19. The Bertz CT molecular complexity index is 276. The standard InChI is InChI=1S/C11H16ClNO.ClH/c1-2-3-10(14)11(13)8-4-6-9(12)7-5-8;/h4-7,10-11,14H,2-3,13H2,1H3;1H/t10-,11+;/m1./s1. The minimum Gasteiger partial charge on any atom is -0.391 e. The normalized spacial score (nSPS) is 14.1. The Kier molecular flexibility index (Phi) is 6.94. The molecule has 0 aliphatic rings. The first-order chi connectivity index (χ1) is 6.65. The highest BCUT2D eigenvalue weighted by atomic mass is 35.5. The van der Waals surface area contributed by atoms with Crippen LogP contribution in [0.2, 0.25) is 5.02 Å². The van der Waals surface area contributed by atoms with E-state index in [-0.39, 0.29) is 18.4 Å². The average molecular weight is 250 g/mol. The molecule has 0 unspecified atom stereocenters. The van der Waals surface area contributed by atoms with Crippen LogP contribution in [-0.4, -0.2) is 11.2 Å². The van der Waals surface area contributed by atoms with E-state index >= 15 is 0 Å². The van der Waals surface area contributed by atoms with Crippen molar-refractivity contribution in [2.24, 2.45) is 5.73 Å². The summed E-state index contributed by atoms with van der Waals surface area (Å²) in [6.45, 7) is 2.03. The van der Waals surface area contributed by atoms with E-state index in [1.165, 1.54) is 0 Å². The Labute approximate surface area is 102 Å². The zero-order valence-corrected chi connectivity index (χ0v) is 10.3. The van der Waals surface area contributed by atoms with Crippen molar-refractivity contribution in [1.82, 2.24) is 0 Å². The van der Waals surface area contributed by atoms with Gasteiger partial charge in [-0.05, 0) is 24.1 Å². The second-order valence-corrected chi connectivity index (χ2v) is 3.87. The topological polar surface area (TPSA) is 46.2 Å². The number of aliphatic hydroxyl groups excluding tert-OH is 1. The van der Waals surface area contributed by atoms with E-state index in [0.717, 1.165) is 18.4 Å². The monoisotopic (exact) mass is 249 g/mol. The number of nitrogens with two attached hydrogens (primary N) is 1. The number of aliphatic hydroxyl groups is 1. The first kappa shape index (κ1) is 14.7. The van der Waals surface area contributed by atoms with Gasteiger partial charge in [0.15, 0.2) is 0 Å². The van der Waals surface area contributed by atoms with Crippen LogP contribution in [0.25, 0.3) is 0 Å². The fourth-order valence-corrected chi connectivity index (χ4v) is 1.51. The fourth-order valence-electron chi connectivity index (χ4n) is 1.38. The first-order valence-electron chi connectivity index (χ1n) is 4.84. The van der Waals surface area contributed by atoms with E-state index in [0.29, 0.717) is 5.02 Å². The van der Waals surface area contributed by atoms with E-state index in [9.17, 15) is 5.11 Å². The molecule has 0 saturated carbocycles. The largest absolute Gasteiger partial charge is 0.391 e. The summed E-state index contributed by atoms with van der Waals surface area (Å²) in [6.07, 6.45) is 1.19. The summed E-state index contributed by atoms with van der Waals surface area (Å²) in [5.74, 6) is 0. The van der Waals surface area contributed by atoms with Gasteiger partial charge in [-0.1, -0.05) is 37.1 Å². The highest BCUT2D eigenvalue weighted by Gasteiger charge is 2.15. The smallest absolute Gasteiger partial charge is 0.0732 e. The highest BCUT2D eigenvalue weighted by molar-refractivity contribution is 6.30. The van der Waals surface area contributed by atoms with Gasteiger partial charge in [-0.3, -0.25) is 0 Å². The van der Waals surface area contributed by atoms with Gasteiger partial charge in [-0.25, -0.2) is 0 Å². The summed E-state index contributed by atoms with van der Waals surface area (Å²) in [6, 6.07) is 6.97. The molecule has 0 bridgehead atoms. The van der Waals surface area contributed by atoms with Crippen LogP contribution in [0.3, 0.4) is 0 Å². The van der Waals surface area contributed by atoms with Crippen molar-refractivity contribution in [3.63, 3.8) is 0 Å². The number of halogens is 2. The Hall–Kier alpha value is -0.280. The van der Waals surface area contributed by atoms with Crippen molar-refractivity contribution in [2.75, 3.05) is 0 Å². The molecule has 0 aliphatic carbocycles. The van der Waals surface area contributed by atoms with Gasteiger partial charge in [0.05, 0.1) is 12.1 Å². The molecule has 0 aliphatic heterocycles. The van der Waals surface area contributed by atoms with Gasteiger partial charge >= 0.3 is 0 Å². The predicted molar refractivity (Wildman–Crippen MR) is 66.5 cm³/mol. The lowest BCUT2D eigenvalue weighted by Gasteiger charge is -2.18. The quantitative estimate of drug-likeness (QED) is 0.863. The third-order valence-corrected chi connectivity index (χ3v) is 2.51. The molecule has 86 valence electrons. The van der Waals surface area contributed by atoms with Crippen LogP contribution < -0.4 is 5.73 Å². The van der Waals surface area contributed by atoms with Crippen LogP contribution in [0, 0.1) is 0 Å². The third-order valence-electron chi connectivity index (χ3n) is 2.25. The molecule has 0 amide bonds. The lowest BCUT2D eigenvalue weighted by molar-refractivity contribution is 0.134. The molecule has 3 N–H and O–H groups in total. The summed E-state index contributed by atoms with van der Waals surface area (Å²) in [5.41, 5.74) is 6.81. The maximum absolute atomic E-state index is 9.68. The van der Waals surface area contributed by atoms with Crippen molar-refractivity contribution in [3.05, 3.63) is 34.9 Å². The third kappa shape index (κ3) is 4.39. The van der Waals surface area contributed by atoms with E-state index in [1.54, 1.807) is 12.1 Å². The van der Waals surface area contributed by atoms with Gasteiger partial charge in [-0.15, -0.1) is 12.4 Å². The van der Waals surface area contributed by atoms with Gasteiger partial charge in [0, 0.05) is 5.02 Å². The summed E-state index contributed by atoms with van der Waals surface area (Å²) in [4.78, 5) is 0. The Balaban J connectivity index is 0.00000196. The maximum Gasteiger partial charge on any atom is 0.0732 e. The molecule has 0 fully saturated rings. The van der Waals surface area contributed by atoms with E-state index in [2.05, 4.69) is 0 Å². The summed E-state index contributed by atoms with van der Waals surface area (Å²) in [7, 11) is 0. The van der Waals surface area contributed by atoms with Crippen LogP contribution in [0.1, 0.15) is 31.4 Å². The van der Waals surface area contributed by atoms with Crippen molar-refractivity contribution in [2.45, 2.75) is 31.9 Å². The van der Waals surface area contributed by atoms with E-state index in [1.807, 2.05) is 19.1 Å². The molecule has 0 radical (unpaired) electrons. The van der Waals surface area contributed by atoms with Crippen molar-refractivity contribution in [3.8, 4) is 0 Å². The fraction of sp³-hybridized carbons (Fsp3) is 0.455. The SMILES string of the molecule is CCC[C@@H](O)[C@@H](N)c1ccc(Cl)cc1.Cl. The molecule has 2 atom stereocenters. The van der Waals surface area contributed by atoms with E-state index < -0.39 is 6.10 Å². The van der Waals surface area contributed by atoms with Gasteiger partial charge in [0.1, 0.15) is 0 Å². The summed E-state index contributed by atoms with van der Waals surface area (Å²) < 4.78 is 0. The molecular weight excluding hydrogens is 233 g/mol. The van der Waals surface area contributed by atoms with Crippen molar-refractivity contribution in [1.29, 1.82) is 0 Å². The molecule has 0 spiro atoms. The number of hydrogen-bond acceptors (Lipinski definition) is 2. The molecule has 2 nitrogen and oxygen atoms in total. The molecule has 0 aromatic heterocycles. The summed E-state index contributed by atoms with van der Waals surface area (Å²) >= 11 is 5.75. The van der Waals surface area contributed by atoms with Crippen molar-refractivity contribution < 1.29 is 5.11 Å². The van der Waals surface area contributed by atoms with Crippen LogP contribution in [-0.2, 0) is 0 Å². The second-order valence-electron chi connectivity index (χ2n) is 3.43. The second kappa shape index (κ2) is 7.07. The Morgan fingerprint density at radius 3 is 2.33 bits per heavy atom. The maximum atomic E-state index is 9.68. The molecule has 4 heteroatoms. The molecule has 15 heavy (non-hydrogen) atoms. The number of benzene rings is 1. The lowest BCUT2D eigenvalue weighted by Crippen LogP contribution is -2.25. The minimum absolute atomic E-state index is 0. The molecule has 1 rings (SSSR count). The van der Waals surface area contributed by atoms with Gasteiger partial charge in [-0.2, -0.15) is 0 Å². The zero-order valence-electron chi connectivity index (χ0n) is 8.69. The van der Waals surface area contributed by atoms with Crippen LogP contribution in [0.5, 0.6) is 0 Å². The van der Waals surface area contributed by atoms with Crippen LogP contribution in [0.15, 0.2) is 24.3 Å². The number of rotatable bonds is 4. The zero-order chi connectivity index (χ0) is 10.6. The Morgan fingerprint density at radius 1 is 1.33 bits per heavy atom. The van der Waals surface area contributed by atoms with Gasteiger partial charge in [0.2, 0.25) is 0 Å². The van der Waals surface area contributed by atoms with Gasteiger partial charge in [0.25, 0.3) is 0 Å². The van der Waals surface area contributed by atoms with Crippen molar-refractivity contribution >= 4 is 24.0 Å². The summed E-state index contributed by atoms with van der Waals surface area (Å²) in [5, 5.41) is 10.4. The Morgan fingerprint density at radius 2 is 1.87 bits per heavy atom. The number of hydrogen-bond donors (Lipinski definition) is 2. The molecule has 0 heterocycles. The molecule has 0 saturated heterocycles. The predicted octanol–water partition coefficient (Wildman–Crippen LogP) is 2.92. The molecular formula is C11H17Cl2NO.